The molecule has 1 aromatic carbocycles. The lowest BCUT2D eigenvalue weighted by atomic mass is 9.70. The lowest BCUT2D eigenvalue weighted by Gasteiger charge is -2.41. The van der Waals surface area contributed by atoms with Crippen LogP contribution < -0.4 is 15.2 Å². The molecule has 0 bridgehead atoms. The van der Waals surface area contributed by atoms with Crippen LogP contribution in [0.25, 0.3) is 0 Å². The first-order valence-electron chi connectivity index (χ1n) is 6.68. The van der Waals surface area contributed by atoms with Crippen molar-refractivity contribution < 1.29 is 9.47 Å². The monoisotopic (exact) mass is 327 g/mol. The van der Waals surface area contributed by atoms with E-state index in [9.17, 15) is 0 Å². The van der Waals surface area contributed by atoms with E-state index in [4.69, 9.17) is 15.2 Å². The zero-order valence-electron chi connectivity index (χ0n) is 12.0. The number of methoxy groups -OCH3 is 2. The van der Waals surface area contributed by atoms with Crippen molar-refractivity contribution in [3.8, 4) is 11.5 Å². The zero-order chi connectivity index (χ0) is 14.2. The van der Waals surface area contributed by atoms with Crippen molar-refractivity contribution in [2.45, 2.75) is 44.6 Å². The van der Waals surface area contributed by atoms with Crippen LogP contribution >= 0.6 is 15.9 Å². The molecule has 0 spiro atoms. The van der Waals surface area contributed by atoms with E-state index in [1.54, 1.807) is 14.2 Å². The van der Waals surface area contributed by atoms with Crippen LogP contribution in [-0.2, 0) is 5.54 Å². The fourth-order valence-corrected chi connectivity index (χ4v) is 3.67. The Labute approximate surface area is 123 Å². The smallest absolute Gasteiger partial charge is 0.164 e. The molecular weight excluding hydrogens is 306 g/mol. The Morgan fingerprint density at radius 3 is 2.26 bits per heavy atom. The summed E-state index contributed by atoms with van der Waals surface area (Å²) >= 11 is 3.67. The average Bonchev–Trinajstić information content (AvgIpc) is 2.34. The minimum atomic E-state index is -0.224. The van der Waals surface area contributed by atoms with Gasteiger partial charge in [-0.2, -0.15) is 0 Å². The molecule has 3 nitrogen and oxygen atoms in total. The Morgan fingerprint density at radius 2 is 1.89 bits per heavy atom. The minimum Gasteiger partial charge on any atom is -0.493 e. The van der Waals surface area contributed by atoms with E-state index in [0.29, 0.717) is 5.92 Å². The van der Waals surface area contributed by atoms with Gasteiger partial charge in [0, 0.05) is 15.6 Å². The maximum Gasteiger partial charge on any atom is 0.164 e. The standard InChI is InChI=1S/C15H22BrNO2/c1-9(2)12-13(15(17)6-5-7-15)10(16)8-11(18-3)14(12)19-4/h8-9H,5-7,17H2,1-4H3. The van der Waals surface area contributed by atoms with Gasteiger partial charge in [0.15, 0.2) is 11.5 Å². The number of hydrogen-bond donors (Lipinski definition) is 1. The third-order valence-electron chi connectivity index (χ3n) is 3.98. The largest absolute Gasteiger partial charge is 0.493 e. The van der Waals surface area contributed by atoms with Gasteiger partial charge in [-0.15, -0.1) is 0 Å². The number of ether oxygens (including phenoxy) is 2. The van der Waals surface area contributed by atoms with Crippen LogP contribution in [0.5, 0.6) is 11.5 Å². The van der Waals surface area contributed by atoms with E-state index < -0.39 is 0 Å². The van der Waals surface area contributed by atoms with Gasteiger partial charge in [0.05, 0.1) is 14.2 Å². The molecule has 0 aromatic heterocycles. The second kappa shape index (κ2) is 5.33. The van der Waals surface area contributed by atoms with Crippen molar-refractivity contribution in [3.05, 3.63) is 21.7 Å². The molecular formula is C15H22BrNO2. The first kappa shape index (κ1) is 14.7. The highest BCUT2D eigenvalue weighted by molar-refractivity contribution is 9.10. The normalized spacial score (nSPS) is 17.2. The summed E-state index contributed by atoms with van der Waals surface area (Å²) in [7, 11) is 3.35. The molecule has 0 unspecified atom stereocenters. The van der Waals surface area contributed by atoms with E-state index in [0.717, 1.165) is 34.4 Å². The van der Waals surface area contributed by atoms with Gasteiger partial charge in [0.25, 0.3) is 0 Å². The van der Waals surface area contributed by atoms with E-state index in [2.05, 4.69) is 29.8 Å². The summed E-state index contributed by atoms with van der Waals surface area (Å²) in [6.45, 7) is 4.32. The maximum absolute atomic E-state index is 6.55. The van der Waals surface area contributed by atoms with Crippen molar-refractivity contribution in [2.75, 3.05) is 14.2 Å². The Balaban J connectivity index is 2.71. The van der Waals surface area contributed by atoms with Gasteiger partial charge >= 0.3 is 0 Å². The molecule has 1 aromatic rings. The van der Waals surface area contributed by atoms with Crippen molar-refractivity contribution in [3.63, 3.8) is 0 Å². The van der Waals surface area contributed by atoms with E-state index >= 15 is 0 Å². The molecule has 0 atom stereocenters. The summed E-state index contributed by atoms with van der Waals surface area (Å²) in [5.41, 5.74) is 8.68. The highest BCUT2D eigenvalue weighted by atomic mass is 79.9. The van der Waals surface area contributed by atoms with Crippen LogP contribution in [0.4, 0.5) is 0 Å². The number of hydrogen-bond acceptors (Lipinski definition) is 3. The zero-order valence-corrected chi connectivity index (χ0v) is 13.6. The number of halogens is 1. The molecule has 1 aliphatic rings. The van der Waals surface area contributed by atoms with Crippen molar-refractivity contribution in [1.29, 1.82) is 0 Å². The molecule has 0 saturated heterocycles. The lowest BCUT2D eigenvalue weighted by Crippen LogP contribution is -2.44. The number of nitrogens with two attached hydrogens (primary N) is 1. The number of rotatable bonds is 4. The van der Waals surface area contributed by atoms with Gasteiger partial charge in [-0.05, 0) is 36.8 Å². The van der Waals surface area contributed by atoms with Crippen LogP contribution in [0.2, 0.25) is 0 Å². The summed E-state index contributed by atoms with van der Waals surface area (Å²) in [5, 5.41) is 0. The van der Waals surface area contributed by atoms with E-state index in [-0.39, 0.29) is 5.54 Å². The van der Waals surface area contributed by atoms with E-state index in [1.807, 2.05) is 6.07 Å². The quantitative estimate of drug-likeness (QED) is 0.911. The summed E-state index contributed by atoms with van der Waals surface area (Å²) in [6, 6.07) is 1.97. The fourth-order valence-electron chi connectivity index (χ4n) is 2.85. The van der Waals surface area contributed by atoms with Gasteiger partial charge in [-0.3, -0.25) is 0 Å². The Hall–Kier alpha value is -0.740. The van der Waals surface area contributed by atoms with Crippen LogP contribution in [0.15, 0.2) is 10.5 Å². The summed E-state index contributed by atoms with van der Waals surface area (Å²) in [5.74, 6) is 1.90. The molecule has 0 amide bonds. The summed E-state index contributed by atoms with van der Waals surface area (Å²) < 4.78 is 12.0. The third kappa shape index (κ3) is 2.36. The molecule has 106 valence electrons. The minimum absolute atomic E-state index is 0.224. The highest BCUT2D eigenvalue weighted by Crippen LogP contribution is 2.50. The van der Waals surface area contributed by atoms with Crippen LogP contribution in [0, 0.1) is 0 Å². The SMILES string of the molecule is COc1cc(Br)c(C2(N)CCC2)c(C(C)C)c1OC. The summed E-state index contributed by atoms with van der Waals surface area (Å²) in [6.07, 6.45) is 3.25. The molecule has 1 fully saturated rings. The molecule has 0 aliphatic heterocycles. The summed E-state index contributed by atoms with van der Waals surface area (Å²) in [4.78, 5) is 0. The first-order chi connectivity index (χ1) is 8.94. The van der Waals surface area contributed by atoms with Gasteiger partial charge in [0.2, 0.25) is 0 Å². The predicted octanol–water partition coefficient (Wildman–Crippen LogP) is 3.93. The first-order valence-corrected chi connectivity index (χ1v) is 7.47. The molecule has 0 heterocycles. The number of benzene rings is 1. The van der Waals surface area contributed by atoms with Crippen molar-refractivity contribution in [2.24, 2.45) is 5.73 Å². The molecule has 0 radical (unpaired) electrons. The molecule has 2 rings (SSSR count). The maximum atomic E-state index is 6.55. The second-order valence-electron chi connectivity index (χ2n) is 5.55. The van der Waals surface area contributed by atoms with E-state index in [1.165, 1.54) is 12.0 Å². The highest BCUT2D eigenvalue weighted by Gasteiger charge is 2.40. The average molecular weight is 328 g/mol. The third-order valence-corrected chi connectivity index (χ3v) is 4.60. The predicted molar refractivity (Wildman–Crippen MR) is 81.1 cm³/mol. The van der Waals surface area contributed by atoms with Crippen molar-refractivity contribution >= 4 is 15.9 Å². The Kier molecular flexibility index (Phi) is 4.11. The second-order valence-corrected chi connectivity index (χ2v) is 6.40. The van der Waals surface area contributed by atoms with Gasteiger partial charge in [-0.1, -0.05) is 29.8 Å². The fraction of sp³-hybridized carbons (Fsp3) is 0.600. The van der Waals surface area contributed by atoms with Gasteiger partial charge < -0.3 is 15.2 Å². The molecule has 19 heavy (non-hydrogen) atoms. The van der Waals surface area contributed by atoms with Crippen LogP contribution in [-0.4, -0.2) is 14.2 Å². The Morgan fingerprint density at radius 1 is 1.26 bits per heavy atom. The van der Waals surface area contributed by atoms with Gasteiger partial charge in [-0.25, -0.2) is 0 Å². The van der Waals surface area contributed by atoms with Crippen LogP contribution in [0.3, 0.4) is 0 Å². The topological polar surface area (TPSA) is 44.5 Å². The molecule has 2 N–H and O–H groups in total. The Bertz CT molecular complexity index is 482. The molecule has 1 aliphatic carbocycles. The molecule has 4 heteroatoms. The van der Waals surface area contributed by atoms with Crippen LogP contribution in [0.1, 0.15) is 50.2 Å². The van der Waals surface area contributed by atoms with Crippen molar-refractivity contribution in [1.82, 2.24) is 0 Å². The van der Waals surface area contributed by atoms with Gasteiger partial charge in [0.1, 0.15) is 0 Å². The lowest BCUT2D eigenvalue weighted by molar-refractivity contribution is 0.247. The molecule has 1 saturated carbocycles.